The van der Waals surface area contributed by atoms with Crippen LogP contribution in [0.1, 0.15) is 35.9 Å². The van der Waals surface area contributed by atoms with Crippen molar-refractivity contribution >= 4 is 11.6 Å². The van der Waals surface area contributed by atoms with Crippen molar-refractivity contribution in [2.75, 3.05) is 11.9 Å². The third-order valence-electron chi connectivity index (χ3n) is 3.32. The molecule has 2 rings (SSSR count). The highest BCUT2D eigenvalue weighted by atomic mass is 16.3. The molecule has 0 aliphatic heterocycles. The number of phenols is 1. The first kappa shape index (κ1) is 16.9. The molecule has 1 atom stereocenters. The van der Waals surface area contributed by atoms with Crippen LogP contribution in [-0.2, 0) is 0 Å². The van der Waals surface area contributed by atoms with E-state index < -0.39 is 6.10 Å². The number of phenolic OH excluding ortho intramolecular Hbond substituents is 1. The predicted molar refractivity (Wildman–Crippen MR) is 88.4 cm³/mol. The second-order valence-electron chi connectivity index (χ2n) is 5.55. The maximum atomic E-state index is 12.1. The maximum absolute atomic E-state index is 12.1. The summed E-state index contributed by atoms with van der Waals surface area (Å²) in [7, 11) is 0. The molecule has 0 aliphatic rings. The number of anilines is 1. The zero-order valence-electron chi connectivity index (χ0n) is 13.2. The fourth-order valence-electron chi connectivity index (χ4n) is 2.02. The van der Waals surface area contributed by atoms with Gasteiger partial charge in [0.1, 0.15) is 5.75 Å². The first-order valence-electron chi connectivity index (χ1n) is 7.43. The van der Waals surface area contributed by atoms with Gasteiger partial charge in [-0.25, -0.2) is 0 Å². The lowest BCUT2D eigenvalue weighted by Crippen LogP contribution is -2.27. The SMILES string of the molecule is CC(C)NCC(O)c1ccc(O)c(NC(=O)c2ccncc2)c1. The smallest absolute Gasteiger partial charge is 0.255 e. The number of nitrogens with zero attached hydrogens (tertiary/aromatic N) is 1. The molecule has 1 unspecified atom stereocenters. The Morgan fingerprint density at radius 2 is 1.91 bits per heavy atom. The van der Waals surface area contributed by atoms with Crippen LogP contribution >= 0.6 is 0 Å². The summed E-state index contributed by atoms with van der Waals surface area (Å²) >= 11 is 0. The number of nitrogens with one attached hydrogen (secondary N) is 2. The molecule has 0 saturated carbocycles. The van der Waals surface area contributed by atoms with Crippen molar-refractivity contribution in [2.45, 2.75) is 26.0 Å². The van der Waals surface area contributed by atoms with E-state index in [0.717, 1.165) is 0 Å². The van der Waals surface area contributed by atoms with Gasteiger partial charge in [-0.1, -0.05) is 19.9 Å². The van der Waals surface area contributed by atoms with E-state index in [2.05, 4.69) is 15.6 Å². The van der Waals surface area contributed by atoms with E-state index in [1.807, 2.05) is 13.8 Å². The summed E-state index contributed by atoms with van der Waals surface area (Å²) in [5.74, 6) is -0.408. The number of hydrogen-bond acceptors (Lipinski definition) is 5. The molecule has 23 heavy (non-hydrogen) atoms. The lowest BCUT2D eigenvalue weighted by atomic mass is 10.1. The average Bonchev–Trinajstić information content (AvgIpc) is 2.55. The molecule has 0 saturated heterocycles. The summed E-state index contributed by atoms with van der Waals surface area (Å²) in [6.07, 6.45) is 2.31. The Kier molecular flexibility index (Phi) is 5.67. The largest absolute Gasteiger partial charge is 0.506 e. The van der Waals surface area contributed by atoms with Crippen LogP contribution in [0.25, 0.3) is 0 Å². The molecule has 1 heterocycles. The van der Waals surface area contributed by atoms with Crippen molar-refractivity contribution in [3.8, 4) is 5.75 Å². The number of aromatic nitrogens is 1. The van der Waals surface area contributed by atoms with Gasteiger partial charge in [-0.3, -0.25) is 9.78 Å². The van der Waals surface area contributed by atoms with E-state index in [1.165, 1.54) is 18.5 Å². The van der Waals surface area contributed by atoms with E-state index in [9.17, 15) is 15.0 Å². The fourth-order valence-corrected chi connectivity index (χ4v) is 2.02. The van der Waals surface area contributed by atoms with E-state index in [4.69, 9.17) is 0 Å². The Hall–Kier alpha value is -2.44. The van der Waals surface area contributed by atoms with Crippen LogP contribution < -0.4 is 10.6 Å². The molecule has 2 aromatic rings. The molecule has 6 heteroatoms. The van der Waals surface area contributed by atoms with Crippen LogP contribution in [0.4, 0.5) is 5.69 Å². The van der Waals surface area contributed by atoms with Gasteiger partial charge in [0.15, 0.2) is 0 Å². The molecule has 0 radical (unpaired) electrons. The highest BCUT2D eigenvalue weighted by Crippen LogP contribution is 2.27. The summed E-state index contributed by atoms with van der Waals surface area (Å²) in [4.78, 5) is 16.0. The zero-order valence-corrected chi connectivity index (χ0v) is 13.2. The monoisotopic (exact) mass is 315 g/mol. The fraction of sp³-hybridized carbons (Fsp3) is 0.294. The summed E-state index contributed by atoms with van der Waals surface area (Å²) in [5, 5.41) is 25.9. The summed E-state index contributed by atoms with van der Waals surface area (Å²) in [6.45, 7) is 4.37. The average molecular weight is 315 g/mol. The Balaban J connectivity index is 2.13. The van der Waals surface area contributed by atoms with Crippen molar-refractivity contribution in [1.29, 1.82) is 0 Å². The van der Waals surface area contributed by atoms with Crippen molar-refractivity contribution in [2.24, 2.45) is 0 Å². The van der Waals surface area contributed by atoms with Gasteiger partial charge in [-0.05, 0) is 29.8 Å². The molecule has 1 aromatic carbocycles. The first-order chi connectivity index (χ1) is 11.0. The number of carbonyl (C=O) groups is 1. The first-order valence-corrected chi connectivity index (χ1v) is 7.43. The number of pyridine rings is 1. The highest BCUT2D eigenvalue weighted by molar-refractivity contribution is 6.04. The maximum Gasteiger partial charge on any atom is 0.255 e. The van der Waals surface area contributed by atoms with Gasteiger partial charge in [0.25, 0.3) is 5.91 Å². The number of hydrogen-bond donors (Lipinski definition) is 4. The van der Waals surface area contributed by atoms with Gasteiger partial charge in [0.05, 0.1) is 11.8 Å². The third kappa shape index (κ3) is 4.77. The van der Waals surface area contributed by atoms with Gasteiger partial charge < -0.3 is 20.8 Å². The third-order valence-corrected chi connectivity index (χ3v) is 3.32. The molecule has 0 fully saturated rings. The summed E-state index contributed by atoms with van der Waals surface area (Å²) < 4.78 is 0. The summed E-state index contributed by atoms with van der Waals surface area (Å²) in [5.41, 5.74) is 1.31. The van der Waals surface area contributed by atoms with Gasteiger partial charge in [-0.15, -0.1) is 0 Å². The van der Waals surface area contributed by atoms with E-state index in [1.54, 1.807) is 24.3 Å². The van der Waals surface area contributed by atoms with Crippen molar-refractivity contribution in [3.05, 3.63) is 53.9 Å². The molecule has 6 nitrogen and oxygen atoms in total. The second kappa shape index (κ2) is 7.71. The quantitative estimate of drug-likeness (QED) is 0.612. The van der Waals surface area contributed by atoms with Gasteiger partial charge in [0.2, 0.25) is 0 Å². The molecule has 0 spiro atoms. The topological polar surface area (TPSA) is 94.5 Å². The van der Waals surface area contributed by atoms with Crippen LogP contribution in [0.3, 0.4) is 0 Å². The van der Waals surface area contributed by atoms with Gasteiger partial charge in [0, 0.05) is 30.5 Å². The van der Waals surface area contributed by atoms with Crippen molar-refractivity contribution in [3.63, 3.8) is 0 Å². The Bertz CT molecular complexity index is 659. The van der Waals surface area contributed by atoms with Crippen LogP contribution in [0.2, 0.25) is 0 Å². The minimum Gasteiger partial charge on any atom is -0.506 e. The molecule has 0 bridgehead atoms. The second-order valence-corrected chi connectivity index (χ2v) is 5.55. The molecule has 0 aliphatic carbocycles. The number of aromatic hydroxyl groups is 1. The van der Waals surface area contributed by atoms with Crippen LogP contribution in [-0.4, -0.2) is 33.7 Å². The number of amides is 1. The molecular formula is C17H21N3O3. The normalized spacial score (nSPS) is 12.2. The lowest BCUT2D eigenvalue weighted by Gasteiger charge is -2.16. The minimum atomic E-state index is -0.727. The number of carbonyl (C=O) groups excluding carboxylic acids is 1. The van der Waals surface area contributed by atoms with Crippen LogP contribution in [0, 0.1) is 0 Å². The Morgan fingerprint density at radius 3 is 2.57 bits per heavy atom. The Labute approximate surface area is 135 Å². The van der Waals surface area contributed by atoms with Crippen LogP contribution in [0.15, 0.2) is 42.7 Å². The lowest BCUT2D eigenvalue weighted by molar-refractivity contribution is 0.102. The number of aliphatic hydroxyl groups is 1. The molecule has 1 aromatic heterocycles. The highest BCUT2D eigenvalue weighted by Gasteiger charge is 2.13. The van der Waals surface area contributed by atoms with Crippen molar-refractivity contribution in [1.82, 2.24) is 10.3 Å². The molecule has 1 amide bonds. The molecule has 122 valence electrons. The summed E-state index contributed by atoms with van der Waals surface area (Å²) in [6, 6.07) is 8.07. The van der Waals surface area contributed by atoms with E-state index in [-0.39, 0.29) is 23.4 Å². The standard InChI is InChI=1S/C17H21N3O3/c1-11(2)19-10-16(22)13-3-4-15(21)14(9-13)20-17(23)12-5-7-18-8-6-12/h3-9,11,16,19,21-22H,10H2,1-2H3,(H,20,23). The number of benzene rings is 1. The molecular weight excluding hydrogens is 294 g/mol. The van der Waals surface area contributed by atoms with E-state index >= 15 is 0 Å². The zero-order chi connectivity index (χ0) is 16.8. The van der Waals surface area contributed by atoms with Crippen LogP contribution in [0.5, 0.6) is 5.75 Å². The minimum absolute atomic E-state index is 0.0554. The number of rotatable bonds is 6. The number of aliphatic hydroxyl groups excluding tert-OH is 1. The van der Waals surface area contributed by atoms with Gasteiger partial charge >= 0.3 is 0 Å². The van der Waals surface area contributed by atoms with E-state index in [0.29, 0.717) is 17.7 Å². The van der Waals surface area contributed by atoms with Crippen molar-refractivity contribution < 1.29 is 15.0 Å². The Morgan fingerprint density at radius 1 is 1.22 bits per heavy atom. The predicted octanol–water partition coefficient (Wildman–Crippen LogP) is 2.07. The van der Waals surface area contributed by atoms with Gasteiger partial charge in [-0.2, -0.15) is 0 Å². The molecule has 4 N–H and O–H groups in total.